The zero-order chi connectivity index (χ0) is 27.0. The Bertz CT molecular complexity index is 1660. The Morgan fingerprint density at radius 3 is 2.58 bits per heavy atom. The molecule has 3 heterocycles. The zero-order valence-corrected chi connectivity index (χ0v) is 20.4. The van der Waals surface area contributed by atoms with Crippen molar-refractivity contribution in [2.45, 2.75) is 26.1 Å². The molecule has 0 saturated carbocycles. The number of aromatic nitrogens is 5. The van der Waals surface area contributed by atoms with Gasteiger partial charge in [0.2, 0.25) is 5.95 Å². The number of aliphatic hydroxyl groups excluding tert-OH is 1. The van der Waals surface area contributed by atoms with E-state index in [2.05, 4.69) is 26.6 Å². The fraction of sp³-hybridized carbons (Fsp3) is 0.185. The summed E-state index contributed by atoms with van der Waals surface area (Å²) in [6.45, 7) is 3.63. The molecule has 8 nitrogen and oxygen atoms in total. The van der Waals surface area contributed by atoms with Crippen molar-refractivity contribution in [3.8, 4) is 34.1 Å². The van der Waals surface area contributed by atoms with Crippen LogP contribution >= 0.6 is 0 Å². The molecule has 0 fully saturated rings. The Labute approximate surface area is 215 Å². The number of pyridine rings is 1. The van der Waals surface area contributed by atoms with Crippen molar-refractivity contribution in [1.29, 1.82) is 5.26 Å². The minimum Gasteiger partial charge on any atom is -0.392 e. The molecule has 5 aromatic rings. The van der Waals surface area contributed by atoms with Crippen molar-refractivity contribution in [3.63, 3.8) is 0 Å². The minimum atomic E-state index is -4.51. The van der Waals surface area contributed by atoms with Gasteiger partial charge >= 0.3 is 6.18 Å². The number of benzene rings is 2. The van der Waals surface area contributed by atoms with Gasteiger partial charge in [0.15, 0.2) is 5.65 Å². The van der Waals surface area contributed by atoms with E-state index in [-0.39, 0.29) is 12.5 Å². The maximum absolute atomic E-state index is 13.6. The number of nitrogens with one attached hydrogen (secondary N) is 1. The zero-order valence-electron chi connectivity index (χ0n) is 20.4. The van der Waals surface area contributed by atoms with Gasteiger partial charge in [-0.2, -0.15) is 28.5 Å². The van der Waals surface area contributed by atoms with Gasteiger partial charge in [-0.1, -0.05) is 12.1 Å². The average Bonchev–Trinajstić information content (AvgIpc) is 3.54. The summed E-state index contributed by atoms with van der Waals surface area (Å²) in [6.07, 6.45) is -1.79. The first kappa shape index (κ1) is 25.0. The number of halogens is 3. The Hall–Kier alpha value is -4.69. The number of anilines is 1. The maximum atomic E-state index is 13.6. The standard InChI is InChI=1S/C27H22F3N7O/c1-16(38)14-32-26-34-25-24(19-4-3-5-20(12-19)27(28,29)30)17(2)22(15-36(25)35-26)23-10-11-33-37(23)21-8-6-18(13-31)7-9-21/h3-12,15-16,38H,14H2,1-2H3,(H,32,35). The van der Waals surface area contributed by atoms with E-state index >= 15 is 0 Å². The first-order valence-electron chi connectivity index (χ1n) is 11.7. The van der Waals surface area contributed by atoms with Crippen molar-refractivity contribution in [3.05, 3.63) is 83.7 Å². The Morgan fingerprint density at radius 1 is 1.13 bits per heavy atom. The normalized spacial score (nSPS) is 12.4. The van der Waals surface area contributed by atoms with E-state index in [0.29, 0.717) is 44.8 Å². The molecule has 2 N–H and O–H groups in total. The van der Waals surface area contributed by atoms with Gasteiger partial charge < -0.3 is 10.4 Å². The van der Waals surface area contributed by atoms with Crippen LogP contribution in [0.15, 0.2) is 67.0 Å². The van der Waals surface area contributed by atoms with Crippen molar-refractivity contribution in [1.82, 2.24) is 24.4 Å². The van der Waals surface area contributed by atoms with E-state index in [4.69, 9.17) is 5.26 Å². The van der Waals surface area contributed by atoms with Crippen LogP contribution in [0.1, 0.15) is 23.6 Å². The number of hydrogen-bond donors (Lipinski definition) is 2. The van der Waals surface area contributed by atoms with Crippen LogP contribution in [0.5, 0.6) is 0 Å². The topological polar surface area (TPSA) is 104 Å². The minimum absolute atomic E-state index is 0.201. The molecule has 0 aliphatic heterocycles. The van der Waals surface area contributed by atoms with Crippen LogP contribution in [0.3, 0.4) is 0 Å². The highest BCUT2D eigenvalue weighted by Crippen LogP contribution is 2.38. The highest BCUT2D eigenvalue weighted by Gasteiger charge is 2.31. The van der Waals surface area contributed by atoms with Gasteiger partial charge in [0.05, 0.1) is 40.9 Å². The summed E-state index contributed by atoms with van der Waals surface area (Å²) in [5.41, 5.74) is 3.67. The van der Waals surface area contributed by atoms with Crippen LogP contribution in [0.2, 0.25) is 0 Å². The molecule has 0 spiro atoms. The number of nitrogens with zero attached hydrogens (tertiary/aromatic N) is 6. The molecular weight excluding hydrogens is 495 g/mol. The maximum Gasteiger partial charge on any atom is 0.416 e. The first-order chi connectivity index (χ1) is 18.2. The molecule has 0 bridgehead atoms. The third-order valence-corrected chi connectivity index (χ3v) is 6.08. The van der Waals surface area contributed by atoms with Crippen LogP contribution in [-0.4, -0.2) is 42.1 Å². The smallest absolute Gasteiger partial charge is 0.392 e. The summed E-state index contributed by atoms with van der Waals surface area (Å²) in [5.74, 6) is 0.233. The molecule has 38 heavy (non-hydrogen) atoms. The molecule has 11 heteroatoms. The van der Waals surface area contributed by atoms with E-state index in [9.17, 15) is 18.3 Å². The second-order valence-electron chi connectivity index (χ2n) is 8.84. The molecule has 5 rings (SSSR count). The van der Waals surface area contributed by atoms with E-state index in [1.54, 1.807) is 60.4 Å². The Kier molecular flexibility index (Phi) is 6.34. The summed E-state index contributed by atoms with van der Waals surface area (Å²) in [4.78, 5) is 4.53. The number of nitriles is 1. The fourth-order valence-corrected chi connectivity index (χ4v) is 4.26. The average molecular weight is 518 g/mol. The lowest BCUT2D eigenvalue weighted by Crippen LogP contribution is -2.16. The van der Waals surface area contributed by atoms with E-state index in [1.165, 1.54) is 10.6 Å². The summed E-state index contributed by atoms with van der Waals surface area (Å²) in [5, 5.41) is 30.7. The molecule has 0 saturated heterocycles. The van der Waals surface area contributed by atoms with Crippen molar-refractivity contribution >= 4 is 11.6 Å². The largest absolute Gasteiger partial charge is 0.416 e. The number of rotatable bonds is 6. The van der Waals surface area contributed by atoms with E-state index in [0.717, 1.165) is 12.1 Å². The second-order valence-corrected chi connectivity index (χ2v) is 8.84. The first-order valence-corrected chi connectivity index (χ1v) is 11.7. The van der Waals surface area contributed by atoms with Crippen molar-refractivity contribution in [2.24, 2.45) is 0 Å². The monoisotopic (exact) mass is 517 g/mol. The molecule has 192 valence electrons. The molecule has 3 aromatic heterocycles. The molecule has 1 unspecified atom stereocenters. The predicted molar refractivity (Wildman–Crippen MR) is 136 cm³/mol. The molecule has 0 radical (unpaired) electrons. The Morgan fingerprint density at radius 2 is 1.89 bits per heavy atom. The number of alkyl halides is 3. The molecule has 0 aliphatic rings. The Balaban J connectivity index is 1.73. The SMILES string of the molecule is Cc1c(-c2ccnn2-c2ccc(C#N)cc2)cn2nc(NCC(C)O)nc2c1-c1cccc(C(F)(F)F)c1. The molecule has 0 amide bonds. The van der Waals surface area contributed by atoms with E-state index in [1.807, 2.05) is 6.92 Å². The lowest BCUT2D eigenvalue weighted by atomic mass is 9.95. The molecule has 2 aromatic carbocycles. The fourth-order valence-electron chi connectivity index (χ4n) is 4.26. The lowest BCUT2D eigenvalue weighted by molar-refractivity contribution is -0.137. The second kappa shape index (κ2) is 9.64. The van der Waals surface area contributed by atoms with Gasteiger partial charge in [0.1, 0.15) is 0 Å². The van der Waals surface area contributed by atoms with Crippen molar-refractivity contribution in [2.75, 3.05) is 11.9 Å². The van der Waals surface area contributed by atoms with Gasteiger partial charge in [-0.25, -0.2) is 9.20 Å². The third kappa shape index (κ3) is 4.69. The highest BCUT2D eigenvalue weighted by atomic mass is 19.4. The summed E-state index contributed by atoms with van der Waals surface area (Å²) >= 11 is 0. The lowest BCUT2D eigenvalue weighted by Gasteiger charge is -2.16. The molecule has 1 atom stereocenters. The van der Waals surface area contributed by atoms with Crippen LogP contribution in [0.25, 0.3) is 33.7 Å². The quantitative estimate of drug-likeness (QED) is 0.319. The third-order valence-electron chi connectivity index (χ3n) is 6.08. The van der Waals surface area contributed by atoms with Crippen LogP contribution < -0.4 is 5.32 Å². The molecular formula is C27H22F3N7O. The number of aliphatic hydroxyl groups is 1. The van der Waals surface area contributed by atoms with Gasteiger partial charge in [-0.05, 0) is 67.4 Å². The number of fused-ring (bicyclic) bond motifs is 1. The highest BCUT2D eigenvalue weighted by molar-refractivity contribution is 5.86. The summed E-state index contributed by atoms with van der Waals surface area (Å²) in [6, 6.07) is 15.9. The van der Waals surface area contributed by atoms with Gasteiger partial charge in [0, 0.05) is 23.9 Å². The molecule has 0 aliphatic carbocycles. The van der Waals surface area contributed by atoms with Crippen LogP contribution in [0.4, 0.5) is 19.1 Å². The predicted octanol–water partition coefficient (Wildman–Crippen LogP) is 5.24. The summed E-state index contributed by atoms with van der Waals surface area (Å²) < 4.78 is 43.9. The van der Waals surface area contributed by atoms with Crippen LogP contribution in [-0.2, 0) is 6.18 Å². The van der Waals surface area contributed by atoms with Gasteiger partial charge in [0.25, 0.3) is 0 Å². The van der Waals surface area contributed by atoms with Crippen LogP contribution in [0, 0.1) is 18.3 Å². The van der Waals surface area contributed by atoms with Crippen molar-refractivity contribution < 1.29 is 18.3 Å². The van der Waals surface area contributed by atoms with Gasteiger partial charge in [-0.15, -0.1) is 5.10 Å². The number of hydrogen-bond acceptors (Lipinski definition) is 6. The van der Waals surface area contributed by atoms with Gasteiger partial charge in [-0.3, -0.25) is 0 Å². The summed E-state index contributed by atoms with van der Waals surface area (Å²) in [7, 11) is 0. The van der Waals surface area contributed by atoms with E-state index < -0.39 is 17.8 Å².